The van der Waals surface area contributed by atoms with Crippen LogP contribution < -0.4 is 0 Å². The van der Waals surface area contributed by atoms with Crippen LogP contribution in [0.1, 0.15) is 40.0 Å². The Morgan fingerprint density at radius 3 is 2.17 bits per heavy atom. The minimum Gasteiger partial charge on any atom is -0.254 e. The van der Waals surface area contributed by atoms with E-state index in [9.17, 15) is 4.57 Å². The normalized spacial score (nSPS) is 25.9. The fourth-order valence-electron chi connectivity index (χ4n) is 1.31. The molecule has 0 spiro atoms. The predicted molar refractivity (Wildman–Crippen MR) is 44.5 cm³/mol. The molecule has 12 heavy (non-hydrogen) atoms. The van der Waals surface area contributed by atoms with Crippen LogP contribution in [-0.2, 0) is 19.0 Å². The van der Waals surface area contributed by atoms with Crippen molar-refractivity contribution in [2.75, 3.05) is 0 Å². The molecule has 0 N–H and O–H groups in total. The van der Waals surface area contributed by atoms with E-state index in [1.165, 1.54) is 0 Å². The summed E-state index contributed by atoms with van der Waals surface area (Å²) in [5.74, 6) is 0. The van der Waals surface area contributed by atoms with E-state index in [2.05, 4.69) is 14.4 Å². The molecule has 0 amide bonds. The monoisotopic (exact) mass is 194 g/mol. The van der Waals surface area contributed by atoms with Crippen molar-refractivity contribution >= 4 is 7.60 Å². The zero-order valence-corrected chi connectivity index (χ0v) is 8.60. The molecule has 0 saturated carbocycles. The summed E-state index contributed by atoms with van der Waals surface area (Å²) in [4.78, 5) is 0. The van der Waals surface area contributed by atoms with Gasteiger partial charge in [0, 0.05) is 0 Å². The third-order valence-corrected chi connectivity index (χ3v) is 4.84. The Morgan fingerprint density at radius 1 is 1.33 bits per heavy atom. The van der Waals surface area contributed by atoms with Gasteiger partial charge in [-0.2, -0.15) is 0 Å². The van der Waals surface area contributed by atoms with Crippen LogP contribution in [0.3, 0.4) is 0 Å². The van der Waals surface area contributed by atoms with Gasteiger partial charge < -0.3 is 0 Å². The molecule has 5 heteroatoms. The second kappa shape index (κ2) is 3.46. The summed E-state index contributed by atoms with van der Waals surface area (Å²) in [6, 6.07) is 0. The first-order chi connectivity index (χ1) is 5.58. The average molecular weight is 194 g/mol. The largest absolute Gasteiger partial charge is 0.396 e. The van der Waals surface area contributed by atoms with Gasteiger partial charge in [-0.1, -0.05) is 25.3 Å². The van der Waals surface area contributed by atoms with E-state index >= 15 is 0 Å². The Morgan fingerprint density at radius 2 is 1.92 bits per heavy atom. The van der Waals surface area contributed by atoms with Gasteiger partial charge in [0.05, 0.1) is 5.16 Å². The zero-order valence-electron chi connectivity index (χ0n) is 7.70. The Bertz CT molecular complexity index is 198. The van der Waals surface area contributed by atoms with Crippen LogP contribution >= 0.6 is 7.60 Å². The molecular weight excluding hydrogens is 179 g/mol. The van der Waals surface area contributed by atoms with Crippen molar-refractivity contribution in [1.29, 1.82) is 0 Å². The van der Waals surface area contributed by atoms with Gasteiger partial charge in [0.2, 0.25) is 0 Å². The molecule has 0 radical (unpaired) electrons. The lowest BCUT2D eigenvalue weighted by Crippen LogP contribution is -2.30. The molecule has 0 aliphatic carbocycles. The van der Waals surface area contributed by atoms with Crippen LogP contribution in [0.5, 0.6) is 0 Å². The van der Waals surface area contributed by atoms with Gasteiger partial charge in [-0.3, -0.25) is 4.57 Å². The van der Waals surface area contributed by atoms with Gasteiger partial charge >= 0.3 is 7.60 Å². The first kappa shape index (κ1) is 10.2. The van der Waals surface area contributed by atoms with Crippen molar-refractivity contribution in [2.45, 2.75) is 45.2 Å². The highest BCUT2D eigenvalue weighted by Gasteiger charge is 2.53. The lowest BCUT2D eigenvalue weighted by Gasteiger charge is -2.36. The van der Waals surface area contributed by atoms with E-state index in [1.807, 2.05) is 20.8 Å². The second-order valence-corrected chi connectivity index (χ2v) is 5.69. The number of hydrogen-bond acceptors (Lipinski definition) is 4. The standard InChI is InChI=1S/C7H15O4P/c1-4-6-7(3,5-2)12(8)10-9-11-12/h4-6H2,1-3H3. The van der Waals surface area contributed by atoms with E-state index in [4.69, 9.17) is 0 Å². The van der Waals surface area contributed by atoms with E-state index in [1.54, 1.807) is 0 Å². The minimum absolute atomic E-state index is 0.389. The van der Waals surface area contributed by atoms with Crippen LogP contribution in [0.25, 0.3) is 0 Å². The highest BCUT2D eigenvalue weighted by atomic mass is 31.2. The van der Waals surface area contributed by atoms with Crippen LogP contribution in [-0.4, -0.2) is 5.16 Å². The highest BCUT2D eigenvalue weighted by molar-refractivity contribution is 7.56. The Hall–Kier alpha value is 0.110. The van der Waals surface area contributed by atoms with Gasteiger partial charge in [-0.25, -0.2) is 0 Å². The van der Waals surface area contributed by atoms with Crippen molar-refractivity contribution in [2.24, 2.45) is 0 Å². The summed E-state index contributed by atoms with van der Waals surface area (Å²) < 4.78 is 20.9. The molecule has 1 saturated heterocycles. The average Bonchev–Trinajstić information content (AvgIpc) is 2.00. The summed E-state index contributed by atoms with van der Waals surface area (Å²) in [6.07, 6.45) is 2.55. The smallest absolute Gasteiger partial charge is 0.254 e. The van der Waals surface area contributed by atoms with E-state index in [0.717, 1.165) is 19.3 Å². The minimum atomic E-state index is -2.95. The number of hydrogen-bond donors (Lipinski definition) is 0. The van der Waals surface area contributed by atoms with Gasteiger partial charge in [0.1, 0.15) is 0 Å². The van der Waals surface area contributed by atoms with Gasteiger partial charge in [-0.15, -0.1) is 9.35 Å². The molecule has 72 valence electrons. The molecule has 1 aliphatic rings. The predicted octanol–water partition coefficient (Wildman–Crippen LogP) is 3.04. The van der Waals surface area contributed by atoms with Crippen molar-refractivity contribution in [1.82, 2.24) is 0 Å². The molecule has 1 rings (SSSR count). The molecule has 0 aromatic rings. The molecule has 1 atom stereocenters. The molecule has 0 aromatic heterocycles. The molecular formula is C7H15O4P. The lowest BCUT2D eigenvalue weighted by atomic mass is 10.0. The van der Waals surface area contributed by atoms with E-state index < -0.39 is 7.60 Å². The summed E-state index contributed by atoms with van der Waals surface area (Å²) in [5, 5.41) is 3.68. The van der Waals surface area contributed by atoms with E-state index in [0.29, 0.717) is 0 Å². The summed E-state index contributed by atoms with van der Waals surface area (Å²) in [5.41, 5.74) is 0. The maximum Gasteiger partial charge on any atom is 0.396 e. The molecule has 4 nitrogen and oxygen atoms in total. The van der Waals surface area contributed by atoms with Crippen LogP contribution in [0.15, 0.2) is 0 Å². The van der Waals surface area contributed by atoms with E-state index in [-0.39, 0.29) is 5.16 Å². The fraction of sp³-hybridized carbons (Fsp3) is 1.00. The zero-order chi connectivity index (χ0) is 9.24. The third kappa shape index (κ3) is 1.44. The quantitative estimate of drug-likeness (QED) is 0.509. The molecule has 1 heterocycles. The number of rotatable bonds is 4. The van der Waals surface area contributed by atoms with Crippen LogP contribution in [0.2, 0.25) is 0 Å². The molecule has 0 bridgehead atoms. The lowest BCUT2D eigenvalue weighted by molar-refractivity contribution is -0.490. The molecule has 0 aromatic carbocycles. The molecule has 1 fully saturated rings. The van der Waals surface area contributed by atoms with Gasteiger partial charge in [0.25, 0.3) is 0 Å². The Balaban J connectivity index is 2.71. The molecule has 1 aliphatic heterocycles. The van der Waals surface area contributed by atoms with Gasteiger partial charge in [0.15, 0.2) is 0 Å². The SMILES string of the molecule is CCCC(C)(CC)P1(=O)OOO1. The second-order valence-electron chi connectivity index (χ2n) is 3.32. The van der Waals surface area contributed by atoms with Crippen molar-refractivity contribution in [3.63, 3.8) is 0 Å². The Kier molecular flexibility index (Phi) is 2.94. The third-order valence-electron chi connectivity index (χ3n) is 2.47. The molecule has 1 unspecified atom stereocenters. The van der Waals surface area contributed by atoms with Crippen molar-refractivity contribution < 1.29 is 19.0 Å². The highest BCUT2D eigenvalue weighted by Crippen LogP contribution is 2.68. The first-order valence-electron chi connectivity index (χ1n) is 4.23. The van der Waals surface area contributed by atoms with Crippen molar-refractivity contribution in [3.8, 4) is 0 Å². The van der Waals surface area contributed by atoms with Crippen LogP contribution in [0, 0.1) is 0 Å². The Labute approximate surface area is 72.6 Å². The summed E-state index contributed by atoms with van der Waals surface area (Å²) >= 11 is 0. The summed E-state index contributed by atoms with van der Waals surface area (Å²) in [7, 11) is -2.95. The fourth-order valence-corrected chi connectivity index (χ4v) is 2.73. The topological polar surface area (TPSA) is 44.8 Å². The maximum absolute atomic E-state index is 11.7. The first-order valence-corrected chi connectivity index (χ1v) is 5.77. The van der Waals surface area contributed by atoms with Gasteiger partial charge in [-0.05, 0) is 19.8 Å². The van der Waals surface area contributed by atoms with Crippen molar-refractivity contribution in [3.05, 3.63) is 0 Å². The maximum atomic E-state index is 11.7. The summed E-state index contributed by atoms with van der Waals surface area (Å²) in [6.45, 7) is 5.92. The van der Waals surface area contributed by atoms with Crippen LogP contribution in [0.4, 0.5) is 0 Å².